The van der Waals surface area contributed by atoms with E-state index in [-0.39, 0.29) is 17.9 Å². The number of aliphatic carboxylic acids is 1. The molecule has 0 bridgehead atoms. The number of amides is 1. The van der Waals surface area contributed by atoms with Crippen LogP contribution in [0.25, 0.3) is 0 Å². The van der Waals surface area contributed by atoms with E-state index in [0.29, 0.717) is 12.8 Å². The molecule has 2 aromatic carbocycles. The van der Waals surface area contributed by atoms with Crippen LogP contribution in [0.4, 0.5) is 0 Å². The van der Waals surface area contributed by atoms with Crippen molar-refractivity contribution in [1.29, 1.82) is 0 Å². The van der Waals surface area contributed by atoms with Gasteiger partial charge in [0, 0.05) is 13.0 Å². The van der Waals surface area contributed by atoms with Crippen molar-refractivity contribution in [2.24, 2.45) is 0 Å². The molecule has 8 heteroatoms. The summed E-state index contributed by atoms with van der Waals surface area (Å²) in [6.45, 7) is 2.13. The van der Waals surface area contributed by atoms with Crippen molar-refractivity contribution in [2.45, 2.75) is 43.2 Å². The van der Waals surface area contributed by atoms with Gasteiger partial charge in [-0.05, 0) is 37.5 Å². The molecule has 2 N–H and O–H groups in total. The van der Waals surface area contributed by atoms with Gasteiger partial charge in [0.15, 0.2) is 0 Å². The Labute approximate surface area is 170 Å². The average Bonchev–Trinajstić information content (AvgIpc) is 3.19. The van der Waals surface area contributed by atoms with Gasteiger partial charge in [0.1, 0.15) is 12.1 Å². The molecule has 0 saturated carbocycles. The molecule has 1 saturated heterocycles. The molecule has 1 aliphatic rings. The number of hydrogen-bond donors (Lipinski definition) is 2. The van der Waals surface area contributed by atoms with Gasteiger partial charge < -0.3 is 10.4 Å². The van der Waals surface area contributed by atoms with E-state index < -0.39 is 34.0 Å². The van der Waals surface area contributed by atoms with E-state index >= 15 is 0 Å². The monoisotopic (exact) mass is 416 g/mol. The molecular weight excluding hydrogens is 392 g/mol. The first-order valence-electron chi connectivity index (χ1n) is 9.44. The van der Waals surface area contributed by atoms with Gasteiger partial charge >= 0.3 is 5.97 Å². The summed E-state index contributed by atoms with van der Waals surface area (Å²) in [6, 6.07) is 13.3. The van der Waals surface area contributed by atoms with E-state index in [4.69, 9.17) is 0 Å². The third-order valence-corrected chi connectivity index (χ3v) is 6.92. The quantitative estimate of drug-likeness (QED) is 0.718. The lowest BCUT2D eigenvalue weighted by atomic mass is 10.0. The van der Waals surface area contributed by atoms with Crippen LogP contribution in [0.5, 0.6) is 0 Å². The maximum absolute atomic E-state index is 12.9. The van der Waals surface area contributed by atoms with Crippen molar-refractivity contribution >= 4 is 21.9 Å². The summed E-state index contributed by atoms with van der Waals surface area (Å²) in [5, 5.41) is 12.1. The minimum atomic E-state index is -3.83. The molecule has 0 aromatic heterocycles. The van der Waals surface area contributed by atoms with Crippen LogP contribution in [-0.4, -0.2) is 48.3 Å². The number of rotatable bonds is 7. The van der Waals surface area contributed by atoms with Gasteiger partial charge in [-0.3, -0.25) is 4.79 Å². The highest BCUT2D eigenvalue weighted by molar-refractivity contribution is 7.89. The summed E-state index contributed by atoms with van der Waals surface area (Å²) in [5.41, 5.74) is 1.78. The van der Waals surface area contributed by atoms with Crippen molar-refractivity contribution in [3.63, 3.8) is 0 Å². The molecule has 3 rings (SSSR count). The van der Waals surface area contributed by atoms with Gasteiger partial charge in [-0.2, -0.15) is 4.31 Å². The zero-order valence-electron chi connectivity index (χ0n) is 16.1. The molecule has 1 heterocycles. The Kier molecular flexibility index (Phi) is 6.34. The highest BCUT2D eigenvalue weighted by Gasteiger charge is 2.40. The molecule has 0 radical (unpaired) electrons. The van der Waals surface area contributed by atoms with E-state index in [1.807, 2.05) is 25.1 Å². The summed E-state index contributed by atoms with van der Waals surface area (Å²) in [6.07, 6.45) is 1.02. The number of aryl methyl sites for hydroxylation is 1. The number of nitrogens with one attached hydrogen (secondary N) is 1. The van der Waals surface area contributed by atoms with Gasteiger partial charge in [0.05, 0.1) is 4.90 Å². The SMILES string of the molecule is Cc1cccc(CC(NC(=O)C2CCCN2S(=O)(=O)c2ccccc2)C(=O)O)c1. The van der Waals surface area contributed by atoms with Crippen LogP contribution in [-0.2, 0) is 26.0 Å². The molecule has 29 heavy (non-hydrogen) atoms. The molecule has 0 spiro atoms. The first kappa shape index (κ1) is 21.0. The number of carboxylic acids is 1. The number of hydrogen-bond acceptors (Lipinski definition) is 4. The second-order valence-corrected chi connectivity index (χ2v) is 9.07. The van der Waals surface area contributed by atoms with Crippen LogP contribution in [0.2, 0.25) is 0 Å². The van der Waals surface area contributed by atoms with Gasteiger partial charge in [-0.15, -0.1) is 0 Å². The van der Waals surface area contributed by atoms with Crippen LogP contribution in [0.3, 0.4) is 0 Å². The lowest BCUT2D eigenvalue weighted by Gasteiger charge is -2.25. The highest BCUT2D eigenvalue weighted by Crippen LogP contribution is 2.26. The molecular formula is C21H24N2O5S. The predicted octanol–water partition coefficient (Wildman–Crippen LogP) is 1.96. The van der Waals surface area contributed by atoms with Crippen LogP contribution in [0.1, 0.15) is 24.0 Å². The van der Waals surface area contributed by atoms with E-state index in [0.717, 1.165) is 11.1 Å². The van der Waals surface area contributed by atoms with Crippen LogP contribution in [0, 0.1) is 6.92 Å². The largest absolute Gasteiger partial charge is 0.480 e. The Morgan fingerprint density at radius 2 is 1.90 bits per heavy atom. The van der Waals surface area contributed by atoms with Crippen molar-refractivity contribution < 1.29 is 23.1 Å². The Morgan fingerprint density at radius 3 is 2.55 bits per heavy atom. The first-order valence-corrected chi connectivity index (χ1v) is 10.9. The predicted molar refractivity (Wildman–Crippen MR) is 108 cm³/mol. The third kappa shape index (κ3) is 4.83. The van der Waals surface area contributed by atoms with Gasteiger partial charge in [0.2, 0.25) is 15.9 Å². The summed E-state index contributed by atoms with van der Waals surface area (Å²) in [7, 11) is -3.83. The summed E-state index contributed by atoms with van der Waals surface area (Å²) >= 11 is 0. The Bertz CT molecular complexity index is 991. The standard InChI is InChI=1S/C21H24N2O5S/c1-15-7-5-8-16(13-15)14-18(21(25)26)22-20(24)19-11-6-12-23(19)29(27,28)17-9-3-2-4-10-17/h2-5,7-10,13,18-19H,6,11-12,14H2,1H3,(H,22,24)(H,25,26). The molecule has 1 amide bonds. The van der Waals surface area contributed by atoms with Crippen LogP contribution in [0.15, 0.2) is 59.5 Å². The van der Waals surface area contributed by atoms with E-state index in [1.165, 1.54) is 16.4 Å². The number of carboxylic acid groups (broad SMARTS) is 1. The fraction of sp³-hybridized carbons (Fsp3) is 0.333. The second-order valence-electron chi connectivity index (χ2n) is 7.18. The fourth-order valence-corrected chi connectivity index (χ4v) is 5.24. The van der Waals surface area contributed by atoms with Crippen molar-refractivity contribution in [3.05, 3.63) is 65.7 Å². The third-order valence-electron chi connectivity index (χ3n) is 4.99. The maximum atomic E-state index is 12.9. The molecule has 1 fully saturated rings. The summed E-state index contributed by atoms with van der Waals surface area (Å²) in [5.74, 6) is -1.74. The van der Waals surface area contributed by atoms with Gasteiger partial charge in [0.25, 0.3) is 0 Å². The normalized spacial score (nSPS) is 18.3. The maximum Gasteiger partial charge on any atom is 0.326 e. The summed E-state index contributed by atoms with van der Waals surface area (Å²) in [4.78, 5) is 24.6. The van der Waals surface area contributed by atoms with Crippen molar-refractivity contribution in [1.82, 2.24) is 9.62 Å². The molecule has 0 aliphatic carbocycles. The van der Waals surface area contributed by atoms with Crippen molar-refractivity contribution in [2.75, 3.05) is 6.54 Å². The molecule has 1 aliphatic heterocycles. The lowest BCUT2D eigenvalue weighted by Crippen LogP contribution is -2.51. The first-order chi connectivity index (χ1) is 13.8. The Morgan fingerprint density at radius 1 is 1.17 bits per heavy atom. The molecule has 2 atom stereocenters. The number of sulfonamides is 1. The van der Waals surface area contributed by atoms with E-state index in [9.17, 15) is 23.1 Å². The minimum absolute atomic E-state index is 0.120. The fourth-order valence-electron chi connectivity index (χ4n) is 3.56. The number of carbonyl (C=O) groups is 2. The van der Waals surface area contributed by atoms with Crippen LogP contribution >= 0.6 is 0 Å². The van der Waals surface area contributed by atoms with E-state index in [1.54, 1.807) is 24.3 Å². The number of carbonyl (C=O) groups excluding carboxylic acids is 1. The number of nitrogens with zero attached hydrogens (tertiary/aromatic N) is 1. The Balaban J connectivity index is 1.76. The topological polar surface area (TPSA) is 104 Å². The van der Waals surface area contributed by atoms with Crippen molar-refractivity contribution in [3.8, 4) is 0 Å². The molecule has 2 unspecified atom stereocenters. The highest BCUT2D eigenvalue weighted by atomic mass is 32.2. The minimum Gasteiger partial charge on any atom is -0.480 e. The molecule has 154 valence electrons. The van der Waals surface area contributed by atoms with Crippen LogP contribution < -0.4 is 5.32 Å². The zero-order chi connectivity index (χ0) is 21.0. The molecule has 7 nitrogen and oxygen atoms in total. The Hall–Kier alpha value is -2.71. The zero-order valence-corrected chi connectivity index (χ0v) is 16.9. The summed E-state index contributed by atoms with van der Waals surface area (Å²) < 4.78 is 27.0. The lowest BCUT2D eigenvalue weighted by molar-refractivity contribution is -0.142. The second kappa shape index (κ2) is 8.75. The average molecular weight is 416 g/mol. The molecule has 2 aromatic rings. The number of benzene rings is 2. The van der Waals surface area contributed by atoms with Gasteiger partial charge in [-0.25, -0.2) is 13.2 Å². The smallest absolute Gasteiger partial charge is 0.326 e. The van der Waals surface area contributed by atoms with E-state index in [2.05, 4.69) is 5.32 Å². The van der Waals surface area contributed by atoms with Gasteiger partial charge in [-0.1, -0.05) is 48.0 Å².